The van der Waals surface area contributed by atoms with E-state index in [9.17, 15) is 9.59 Å². The minimum Gasteiger partial charge on any atom is -0.322 e. The first kappa shape index (κ1) is 25.3. The zero-order valence-electron chi connectivity index (χ0n) is 20.9. The molecule has 1 aliphatic heterocycles. The van der Waals surface area contributed by atoms with Crippen LogP contribution >= 0.6 is 0 Å². The quantitative estimate of drug-likeness (QED) is 0.464. The Hall–Kier alpha value is -3.81. The summed E-state index contributed by atoms with van der Waals surface area (Å²) in [6.07, 6.45) is 6.54. The minimum absolute atomic E-state index is 0.185. The van der Waals surface area contributed by atoms with E-state index >= 15 is 0 Å². The highest BCUT2D eigenvalue weighted by Crippen LogP contribution is 2.21. The second-order valence-electron chi connectivity index (χ2n) is 9.00. The number of anilines is 2. The van der Waals surface area contributed by atoms with E-state index < -0.39 is 0 Å². The van der Waals surface area contributed by atoms with E-state index in [-0.39, 0.29) is 11.8 Å². The van der Waals surface area contributed by atoms with Crippen molar-refractivity contribution in [2.75, 3.05) is 43.4 Å². The Morgan fingerprint density at radius 3 is 2.42 bits per heavy atom. The number of nitrogens with one attached hydrogen (secondary N) is 2. The summed E-state index contributed by atoms with van der Waals surface area (Å²) in [4.78, 5) is 34.2. The van der Waals surface area contributed by atoms with Crippen LogP contribution in [0.3, 0.4) is 0 Å². The number of aromatic nitrogens is 1. The molecule has 3 aromatic rings. The average molecular weight is 484 g/mol. The number of nitrogens with zero attached hydrogens (tertiary/aromatic N) is 3. The van der Waals surface area contributed by atoms with Crippen molar-refractivity contribution in [2.45, 2.75) is 20.4 Å². The third-order valence-corrected chi connectivity index (χ3v) is 6.40. The lowest BCUT2D eigenvalue weighted by atomic mass is 10.1. The van der Waals surface area contributed by atoms with Gasteiger partial charge in [-0.2, -0.15) is 0 Å². The van der Waals surface area contributed by atoms with Crippen molar-refractivity contribution in [2.24, 2.45) is 0 Å². The molecule has 7 heteroatoms. The van der Waals surface area contributed by atoms with Gasteiger partial charge in [0.05, 0.1) is 0 Å². The second-order valence-corrected chi connectivity index (χ2v) is 9.00. The van der Waals surface area contributed by atoms with Crippen LogP contribution in [0.5, 0.6) is 0 Å². The molecule has 4 rings (SSSR count). The Morgan fingerprint density at radius 2 is 1.72 bits per heavy atom. The van der Waals surface area contributed by atoms with Crippen LogP contribution in [0.4, 0.5) is 11.4 Å². The van der Waals surface area contributed by atoms with E-state index in [1.54, 1.807) is 24.5 Å². The Labute approximate surface area is 212 Å². The van der Waals surface area contributed by atoms with Crippen molar-refractivity contribution >= 4 is 29.3 Å². The zero-order valence-corrected chi connectivity index (χ0v) is 20.9. The molecule has 36 heavy (non-hydrogen) atoms. The molecule has 0 aliphatic carbocycles. The van der Waals surface area contributed by atoms with E-state index in [1.807, 2.05) is 55.5 Å². The summed E-state index contributed by atoms with van der Waals surface area (Å²) in [7, 11) is 0. The fourth-order valence-electron chi connectivity index (χ4n) is 4.14. The summed E-state index contributed by atoms with van der Waals surface area (Å²) in [6, 6.07) is 16.9. The summed E-state index contributed by atoms with van der Waals surface area (Å²) in [5.41, 5.74) is 4.81. The maximum atomic E-state index is 12.8. The SMILES string of the molecule is CCN1CCN(Cc2ccc(C(=O)Nc3ccc(C)c(NC(=O)/C=C/c4cccnc4)c3)cc2)CC1. The van der Waals surface area contributed by atoms with Crippen molar-refractivity contribution in [3.63, 3.8) is 0 Å². The summed E-state index contributed by atoms with van der Waals surface area (Å²) in [5, 5.41) is 5.82. The van der Waals surface area contributed by atoms with Crippen LogP contribution in [-0.2, 0) is 11.3 Å². The monoisotopic (exact) mass is 483 g/mol. The fourth-order valence-corrected chi connectivity index (χ4v) is 4.14. The molecule has 0 radical (unpaired) electrons. The molecule has 2 amide bonds. The molecule has 0 unspecified atom stereocenters. The third-order valence-electron chi connectivity index (χ3n) is 6.40. The first-order chi connectivity index (χ1) is 17.5. The van der Waals surface area contributed by atoms with Crippen LogP contribution in [-0.4, -0.2) is 59.3 Å². The van der Waals surface area contributed by atoms with E-state index in [1.165, 1.54) is 11.6 Å². The molecule has 2 aromatic carbocycles. The molecule has 0 atom stereocenters. The lowest BCUT2D eigenvalue weighted by molar-refractivity contribution is -0.111. The number of benzene rings is 2. The normalized spacial score (nSPS) is 14.6. The summed E-state index contributed by atoms with van der Waals surface area (Å²) in [6.45, 7) is 10.5. The van der Waals surface area contributed by atoms with E-state index in [0.29, 0.717) is 16.9 Å². The topological polar surface area (TPSA) is 77.6 Å². The molecular weight excluding hydrogens is 450 g/mol. The first-order valence-corrected chi connectivity index (χ1v) is 12.3. The largest absolute Gasteiger partial charge is 0.322 e. The molecule has 2 N–H and O–H groups in total. The van der Waals surface area contributed by atoms with Gasteiger partial charge in [0.25, 0.3) is 5.91 Å². The van der Waals surface area contributed by atoms with Gasteiger partial charge in [0, 0.05) is 68.1 Å². The van der Waals surface area contributed by atoms with Gasteiger partial charge in [-0.3, -0.25) is 19.5 Å². The predicted octanol–water partition coefficient (Wildman–Crippen LogP) is 4.43. The summed E-state index contributed by atoms with van der Waals surface area (Å²) < 4.78 is 0. The molecule has 7 nitrogen and oxygen atoms in total. The molecule has 1 saturated heterocycles. The number of carbonyl (C=O) groups is 2. The van der Waals surface area contributed by atoms with Crippen LogP contribution < -0.4 is 10.6 Å². The number of pyridine rings is 1. The maximum Gasteiger partial charge on any atom is 0.255 e. The van der Waals surface area contributed by atoms with E-state index in [0.717, 1.165) is 50.4 Å². The van der Waals surface area contributed by atoms with Crippen LogP contribution in [0.1, 0.15) is 34.0 Å². The van der Waals surface area contributed by atoms with Gasteiger partial charge < -0.3 is 15.5 Å². The number of carbonyl (C=O) groups excluding carboxylic acids is 2. The van der Waals surface area contributed by atoms with Gasteiger partial charge in [0.1, 0.15) is 0 Å². The maximum absolute atomic E-state index is 12.8. The van der Waals surface area contributed by atoms with Crippen molar-refractivity contribution in [1.29, 1.82) is 0 Å². The van der Waals surface area contributed by atoms with Crippen molar-refractivity contribution in [3.8, 4) is 0 Å². The highest BCUT2D eigenvalue weighted by atomic mass is 16.2. The molecule has 1 fully saturated rings. The van der Waals surface area contributed by atoms with Gasteiger partial charge in [-0.25, -0.2) is 0 Å². The second kappa shape index (κ2) is 12.2. The predicted molar refractivity (Wildman–Crippen MR) is 145 cm³/mol. The summed E-state index contributed by atoms with van der Waals surface area (Å²) >= 11 is 0. The van der Waals surface area contributed by atoms with Gasteiger partial charge in [-0.15, -0.1) is 0 Å². The molecule has 0 saturated carbocycles. The fraction of sp³-hybridized carbons (Fsp3) is 0.276. The van der Waals surface area contributed by atoms with Gasteiger partial charge in [0.15, 0.2) is 0 Å². The van der Waals surface area contributed by atoms with Gasteiger partial charge >= 0.3 is 0 Å². The molecule has 1 aliphatic rings. The smallest absolute Gasteiger partial charge is 0.255 e. The Kier molecular flexibility index (Phi) is 8.60. The molecular formula is C29H33N5O2. The molecule has 0 bridgehead atoms. The average Bonchev–Trinajstić information content (AvgIpc) is 2.91. The van der Waals surface area contributed by atoms with E-state index in [2.05, 4.69) is 32.3 Å². The number of likely N-dealkylation sites (N-methyl/N-ethyl adjacent to an activating group) is 1. The van der Waals surface area contributed by atoms with Crippen molar-refractivity contribution < 1.29 is 9.59 Å². The van der Waals surface area contributed by atoms with Crippen molar-refractivity contribution in [3.05, 3.63) is 95.3 Å². The number of hydrogen-bond donors (Lipinski definition) is 2. The van der Waals surface area contributed by atoms with Crippen LogP contribution in [0.25, 0.3) is 6.08 Å². The number of amides is 2. The molecule has 0 spiro atoms. The number of rotatable bonds is 8. The highest BCUT2D eigenvalue weighted by Gasteiger charge is 2.16. The van der Waals surface area contributed by atoms with Crippen molar-refractivity contribution in [1.82, 2.24) is 14.8 Å². The number of piperazine rings is 1. The number of aryl methyl sites for hydroxylation is 1. The van der Waals surface area contributed by atoms with Gasteiger partial charge in [0.2, 0.25) is 5.91 Å². The zero-order chi connectivity index (χ0) is 25.3. The molecule has 2 heterocycles. The van der Waals surface area contributed by atoms with Gasteiger partial charge in [-0.1, -0.05) is 31.2 Å². The molecule has 186 valence electrons. The summed E-state index contributed by atoms with van der Waals surface area (Å²) in [5.74, 6) is -0.437. The highest BCUT2D eigenvalue weighted by molar-refractivity contribution is 6.05. The standard InChI is InChI=1S/C29H33N5O2/c1-3-33-15-17-34(18-16-33)21-24-7-10-25(11-8-24)29(36)31-26-12-6-22(2)27(19-26)32-28(35)13-9-23-5-4-14-30-20-23/h4-14,19-20H,3,15-18,21H2,1-2H3,(H,31,36)(H,32,35)/b13-9+. The Bertz CT molecular complexity index is 1200. The van der Waals surface area contributed by atoms with Crippen LogP contribution in [0.15, 0.2) is 73.1 Å². The lowest BCUT2D eigenvalue weighted by Crippen LogP contribution is -2.45. The third kappa shape index (κ3) is 7.10. The Morgan fingerprint density at radius 1 is 0.972 bits per heavy atom. The number of hydrogen-bond acceptors (Lipinski definition) is 5. The molecule has 1 aromatic heterocycles. The van der Waals surface area contributed by atoms with Crippen LogP contribution in [0, 0.1) is 6.92 Å². The van der Waals surface area contributed by atoms with E-state index in [4.69, 9.17) is 0 Å². The first-order valence-electron chi connectivity index (χ1n) is 12.3. The lowest BCUT2D eigenvalue weighted by Gasteiger charge is -2.34. The Balaban J connectivity index is 1.33. The van der Waals surface area contributed by atoms with Crippen LogP contribution in [0.2, 0.25) is 0 Å². The van der Waals surface area contributed by atoms with Gasteiger partial charge in [-0.05, 0) is 66.6 Å². The minimum atomic E-state index is -0.253.